The van der Waals surface area contributed by atoms with Crippen LogP contribution >= 0.6 is 11.8 Å². The third-order valence-electron chi connectivity index (χ3n) is 2.07. The van der Waals surface area contributed by atoms with E-state index < -0.39 is 11.9 Å². The fourth-order valence-electron chi connectivity index (χ4n) is 1.04. The predicted octanol–water partition coefficient (Wildman–Crippen LogP) is 0.482. The van der Waals surface area contributed by atoms with E-state index in [4.69, 9.17) is 17.2 Å². The molecular weight excluding hydrogens is 210 g/mol. The van der Waals surface area contributed by atoms with E-state index in [1.807, 2.05) is 25.1 Å². The fourth-order valence-corrected chi connectivity index (χ4v) is 2.06. The molecule has 0 saturated carbocycles. The molecule has 0 fully saturated rings. The van der Waals surface area contributed by atoms with Crippen LogP contribution < -0.4 is 17.2 Å². The first kappa shape index (κ1) is 11.9. The SMILES string of the molecule is Cc1cccc(SCC(N)C(N)=O)c1N. The van der Waals surface area contributed by atoms with Crippen LogP contribution in [0.1, 0.15) is 5.56 Å². The summed E-state index contributed by atoms with van der Waals surface area (Å²) in [6, 6.07) is 5.13. The fraction of sp³-hybridized carbons (Fsp3) is 0.300. The Kier molecular flexibility index (Phi) is 3.99. The molecule has 0 aliphatic rings. The molecule has 82 valence electrons. The molecule has 1 aromatic carbocycles. The lowest BCUT2D eigenvalue weighted by Crippen LogP contribution is -2.38. The van der Waals surface area contributed by atoms with Gasteiger partial charge in [0.25, 0.3) is 0 Å². The predicted molar refractivity (Wildman–Crippen MR) is 63.5 cm³/mol. The molecule has 0 bridgehead atoms. The standard InChI is InChI=1S/C10H15N3OS/c1-6-3-2-4-8(9(6)12)15-5-7(11)10(13)14/h2-4,7H,5,11-12H2,1H3,(H2,13,14). The summed E-state index contributed by atoms with van der Waals surface area (Å²) in [5.74, 6) is -0.0445. The number of hydrogen-bond donors (Lipinski definition) is 3. The lowest BCUT2D eigenvalue weighted by Gasteiger charge is -2.10. The van der Waals surface area contributed by atoms with Gasteiger partial charge in [0.2, 0.25) is 5.91 Å². The van der Waals surface area contributed by atoms with Gasteiger partial charge in [0.05, 0.1) is 6.04 Å². The number of primary amides is 1. The maximum absolute atomic E-state index is 10.7. The summed E-state index contributed by atoms with van der Waals surface area (Å²) in [4.78, 5) is 11.7. The van der Waals surface area contributed by atoms with Crippen molar-refractivity contribution < 1.29 is 4.79 Å². The molecule has 1 aromatic rings. The molecule has 15 heavy (non-hydrogen) atoms. The molecule has 1 rings (SSSR count). The van der Waals surface area contributed by atoms with Crippen molar-refractivity contribution in [1.82, 2.24) is 0 Å². The van der Waals surface area contributed by atoms with E-state index in [1.165, 1.54) is 11.8 Å². The van der Waals surface area contributed by atoms with Crippen molar-refractivity contribution in [3.05, 3.63) is 23.8 Å². The number of aryl methyl sites for hydroxylation is 1. The lowest BCUT2D eigenvalue weighted by atomic mass is 10.2. The highest BCUT2D eigenvalue weighted by molar-refractivity contribution is 7.99. The lowest BCUT2D eigenvalue weighted by molar-refractivity contribution is -0.118. The number of thioether (sulfide) groups is 1. The van der Waals surface area contributed by atoms with E-state index in [9.17, 15) is 4.79 Å². The van der Waals surface area contributed by atoms with Crippen molar-refractivity contribution in [1.29, 1.82) is 0 Å². The van der Waals surface area contributed by atoms with Gasteiger partial charge in [0.1, 0.15) is 0 Å². The molecule has 0 aromatic heterocycles. The topological polar surface area (TPSA) is 95.1 Å². The summed E-state index contributed by atoms with van der Waals surface area (Å²) < 4.78 is 0. The number of amides is 1. The van der Waals surface area contributed by atoms with Crippen molar-refractivity contribution in [2.24, 2.45) is 11.5 Å². The third-order valence-corrected chi connectivity index (χ3v) is 3.26. The van der Waals surface area contributed by atoms with Crippen LogP contribution in [-0.2, 0) is 4.79 Å². The Hall–Kier alpha value is -1.20. The van der Waals surface area contributed by atoms with E-state index in [2.05, 4.69) is 0 Å². The van der Waals surface area contributed by atoms with Gasteiger partial charge in [-0.15, -0.1) is 11.8 Å². The van der Waals surface area contributed by atoms with E-state index in [0.29, 0.717) is 5.75 Å². The molecule has 0 aliphatic heterocycles. The molecule has 1 atom stereocenters. The van der Waals surface area contributed by atoms with Gasteiger partial charge in [0, 0.05) is 16.3 Å². The summed E-state index contributed by atoms with van der Waals surface area (Å²) in [7, 11) is 0. The quantitative estimate of drug-likeness (QED) is 0.513. The minimum absolute atomic E-state index is 0.447. The van der Waals surface area contributed by atoms with Gasteiger partial charge in [-0.05, 0) is 18.6 Å². The third kappa shape index (κ3) is 3.14. The van der Waals surface area contributed by atoms with Crippen molar-refractivity contribution in [3.8, 4) is 0 Å². The first-order chi connectivity index (χ1) is 7.02. The van der Waals surface area contributed by atoms with Gasteiger partial charge in [-0.1, -0.05) is 12.1 Å². The Morgan fingerprint density at radius 1 is 1.53 bits per heavy atom. The van der Waals surface area contributed by atoms with Gasteiger partial charge in [-0.2, -0.15) is 0 Å². The van der Waals surface area contributed by atoms with E-state index in [0.717, 1.165) is 16.1 Å². The van der Waals surface area contributed by atoms with Crippen LogP contribution in [0.15, 0.2) is 23.1 Å². The summed E-state index contributed by atoms with van der Waals surface area (Å²) in [5, 5.41) is 0. The molecule has 1 unspecified atom stereocenters. The minimum atomic E-state index is -0.630. The molecule has 0 radical (unpaired) electrons. The highest BCUT2D eigenvalue weighted by Gasteiger charge is 2.10. The summed E-state index contributed by atoms with van der Waals surface area (Å²) >= 11 is 1.45. The normalized spacial score (nSPS) is 12.4. The molecule has 5 heteroatoms. The average molecular weight is 225 g/mol. The molecule has 1 amide bonds. The number of nitrogen functional groups attached to an aromatic ring is 1. The molecule has 0 aliphatic carbocycles. The first-order valence-electron chi connectivity index (χ1n) is 4.55. The number of benzene rings is 1. The second-order valence-corrected chi connectivity index (χ2v) is 4.37. The molecule has 0 saturated heterocycles. The number of para-hydroxylation sites is 1. The van der Waals surface area contributed by atoms with Crippen LogP contribution in [0, 0.1) is 6.92 Å². The van der Waals surface area contributed by atoms with Crippen LogP contribution in [0.4, 0.5) is 5.69 Å². The average Bonchev–Trinajstić information content (AvgIpc) is 2.19. The van der Waals surface area contributed by atoms with Gasteiger partial charge in [0.15, 0.2) is 0 Å². The number of anilines is 1. The van der Waals surface area contributed by atoms with Gasteiger partial charge < -0.3 is 17.2 Å². The number of hydrogen-bond acceptors (Lipinski definition) is 4. The molecule has 0 heterocycles. The maximum Gasteiger partial charge on any atom is 0.235 e. The molecule has 4 nitrogen and oxygen atoms in total. The van der Waals surface area contributed by atoms with Crippen LogP contribution in [0.5, 0.6) is 0 Å². The van der Waals surface area contributed by atoms with Crippen molar-refractivity contribution in [2.45, 2.75) is 17.9 Å². The van der Waals surface area contributed by atoms with Gasteiger partial charge >= 0.3 is 0 Å². The number of carbonyl (C=O) groups excluding carboxylic acids is 1. The van der Waals surface area contributed by atoms with E-state index in [-0.39, 0.29) is 0 Å². The van der Waals surface area contributed by atoms with Gasteiger partial charge in [-0.25, -0.2) is 0 Å². The molecular formula is C10H15N3OS. The minimum Gasteiger partial charge on any atom is -0.398 e. The Balaban J connectivity index is 2.66. The molecule has 0 spiro atoms. The monoisotopic (exact) mass is 225 g/mol. The van der Waals surface area contributed by atoms with Crippen LogP contribution in [0.25, 0.3) is 0 Å². The number of nitrogens with two attached hydrogens (primary N) is 3. The largest absolute Gasteiger partial charge is 0.398 e. The Bertz CT molecular complexity index is 368. The van der Waals surface area contributed by atoms with E-state index >= 15 is 0 Å². The van der Waals surface area contributed by atoms with Crippen LogP contribution in [0.3, 0.4) is 0 Å². The van der Waals surface area contributed by atoms with Crippen LogP contribution in [0.2, 0.25) is 0 Å². The zero-order valence-electron chi connectivity index (χ0n) is 8.57. The Morgan fingerprint density at radius 3 is 2.80 bits per heavy atom. The van der Waals surface area contributed by atoms with Crippen molar-refractivity contribution in [2.75, 3.05) is 11.5 Å². The molecule has 6 N–H and O–H groups in total. The van der Waals surface area contributed by atoms with Gasteiger partial charge in [-0.3, -0.25) is 4.79 Å². The van der Waals surface area contributed by atoms with Crippen molar-refractivity contribution >= 4 is 23.4 Å². The first-order valence-corrected chi connectivity index (χ1v) is 5.53. The summed E-state index contributed by atoms with van der Waals surface area (Å²) in [5.41, 5.74) is 18.2. The smallest absolute Gasteiger partial charge is 0.235 e. The van der Waals surface area contributed by atoms with Crippen molar-refractivity contribution in [3.63, 3.8) is 0 Å². The number of carbonyl (C=O) groups is 1. The zero-order chi connectivity index (χ0) is 11.4. The summed E-state index contributed by atoms with van der Waals surface area (Å²) in [6.07, 6.45) is 0. The second kappa shape index (κ2) is 5.04. The highest BCUT2D eigenvalue weighted by Crippen LogP contribution is 2.27. The number of rotatable bonds is 4. The Labute approximate surface area is 93.2 Å². The van der Waals surface area contributed by atoms with Crippen LogP contribution in [-0.4, -0.2) is 17.7 Å². The zero-order valence-corrected chi connectivity index (χ0v) is 9.38. The van der Waals surface area contributed by atoms with E-state index in [1.54, 1.807) is 0 Å². The summed E-state index contributed by atoms with van der Waals surface area (Å²) in [6.45, 7) is 1.94. The maximum atomic E-state index is 10.7. The highest BCUT2D eigenvalue weighted by atomic mass is 32.2. The second-order valence-electron chi connectivity index (χ2n) is 3.31. The Morgan fingerprint density at radius 2 is 2.20 bits per heavy atom.